The molecule has 1 atom stereocenters. The highest BCUT2D eigenvalue weighted by atomic mass is 79.9. The molecule has 1 saturated heterocycles. The van der Waals surface area contributed by atoms with E-state index >= 15 is 0 Å². The van der Waals surface area contributed by atoms with Gasteiger partial charge < -0.3 is 5.73 Å². The molecule has 3 rings (SSSR count). The Morgan fingerprint density at radius 1 is 1.33 bits per heavy atom. The largest absolute Gasteiger partial charge is 0.369 e. The number of sulfonamides is 1. The van der Waals surface area contributed by atoms with Crippen LogP contribution < -0.4 is 5.73 Å². The zero-order valence-corrected chi connectivity index (χ0v) is 15.9. The summed E-state index contributed by atoms with van der Waals surface area (Å²) in [7, 11) is -3.71. The van der Waals surface area contributed by atoms with Crippen LogP contribution in [-0.4, -0.2) is 36.7 Å². The summed E-state index contributed by atoms with van der Waals surface area (Å²) in [6, 6.07) is 7.52. The predicted molar refractivity (Wildman–Crippen MR) is 95.9 cm³/mol. The van der Waals surface area contributed by atoms with Crippen LogP contribution in [0.1, 0.15) is 12.8 Å². The Bertz CT molecular complexity index is 849. The molecule has 1 amide bonds. The molecule has 0 saturated carbocycles. The van der Waals surface area contributed by atoms with Gasteiger partial charge in [0, 0.05) is 28.5 Å². The molecule has 2 heterocycles. The van der Waals surface area contributed by atoms with Crippen LogP contribution in [0.5, 0.6) is 0 Å². The van der Waals surface area contributed by atoms with E-state index in [1.165, 1.54) is 15.6 Å². The Morgan fingerprint density at radius 2 is 2.04 bits per heavy atom. The zero-order chi connectivity index (χ0) is 17.3. The van der Waals surface area contributed by atoms with Crippen molar-refractivity contribution < 1.29 is 13.2 Å². The van der Waals surface area contributed by atoms with Crippen LogP contribution >= 0.6 is 27.3 Å². The summed E-state index contributed by atoms with van der Waals surface area (Å²) in [4.78, 5) is 15.6. The lowest BCUT2D eigenvalue weighted by atomic mass is 9.99. The lowest BCUT2D eigenvalue weighted by Gasteiger charge is -2.29. The lowest BCUT2D eigenvalue weighted by molar-refractivity contribution is -0.122. The zero-order valence-electron chi connectivity index (χ0n) is 12.7. The van der Waals surface area contributed by atoms with Crippen LogP contribution in [-0.2, 0) is 14.8 Å². The van der Waals surface area contributed by atoms with Crippen molar-refractivity contribution in [2.24, 2.45) is 11.7 Å². The van der Waals surface area contributed by atoms with Gasteiger partial charge in [0.05, 0.1) is 5.92 Å². The number of nitrogens with zero attached hydrogens (tertiary/aromatic N) is 2. The summed E-state index contributed by atoms with van der Waals surface area (Å²) in [5.74, 6) is -0.887. The average molecular weight is 430 g/mol. The molecule has 2 aromatic rings. The maximum absolute atomic E-state index is 12.8. The van der Waals surface area contributed by atoms with Crippen LogP contribution in [0.4, 0.5) is 0 Å². The van der Waals surface area contributed by atoms with Crippen LogP contribution in [0.2, 0.25) is 0 Å². The van der Waals surface area contributed by atoms with Gasteiger partial charge in [0.1, 0.15) is 5.01 Å². The van der Waals surface area contributed by atoms with E-state index in [9.17, 15) is 13.2 Å². The van der Waals surface area contributed by atoms with E-state index in [4.69, 9.17) is 5.73 Å². The Balaban J connectivity index is 1.85. The molecule has 0 spiro atoms. The van der Waals surface area contributed by atoms with Crippen molar-refractivity contribution in [2.75, 3.05) is 13.1 Å². The SMILES string of the molecule is NC(=O)C1CCCN(S(=O)(=O)c2csc(-c3ccc(Br)cc3)n2)C1. The highest BCUT2D eigenvalue weighted by Crippen LogP contribution is 2.29. The summed E-state index contributed by atoms with van der Waals surface area (Å²) >= 11 is 4.65. The van der Waals surface area contributed by atoms with E-state index in [2.05, 4.69) is 20.9 Å². The Labute approximate surface area is 152 Å². The fourth-order valence-electron chi connectivity index (χ4n) is 2.63. The van der Waals surface area contributed by atoms with E-state index < -0.39 is 21.8 Å². The van der Waals surface area contributed by atoms with Crippen molar-refractivity contribution in [3.8, 4) is 10.6 Å². The number of nitrogens with two attached hydrogens (primary N) is 1. The van der Waals surface area contributed by atoms with E-state index in [1.807, 2.05) is 24.3 Å². The highest BCUT2D eigenvalue weighted by Gasteiger charge is 2.33. The molecule has 6 nitrogen and oxygen atoms in total. The molecule has 1 fully saturated rings. The second-order valence-corrected chi connectivity index (χ2v) is 9.26. The van der Waals surface area contributed by atoms with Crippen molar-refractivity contribution in [3.05, 3.63) is 34.1 Å². The summed E-state index contributed by atoms with van der Waals surface area (Å²) in [6.45, 7) is 0.514. The first-order valence-corrected chi connectivity index (χ1v) is 10.5. The van der Waals surface area contributed by atoms with Crippen molar-refractivity contribution in [1.29, 1.82) is 0 Å². The maximum atomic E-state index is 12.8. The van der Waals surface area contributed by atoms with Gasteiger partial charge in [-0.05, 0) is 25.0 Å². The molecular weight excluding hydrogens is 414 g/mol. The topological polar surface area (TPSA) is 93.4 Å². The molecule has 128 valence electrons. The minimum atomic E-state index is -3.71. The normalized spacial score (nSPS) is 19.3. The number of amides is 1. The second-order valence-electron chi connectivity index (χ2n) is 5.60. The van der Waals surface area contributed by atoms with Gasteiger partial charge >= 0.3 is 0 Å². The molecule has 1 aliphatic rings. The summed E-state index contributed by atoms with van der Waals surface area (Å²) in [5, 5.41) is 2.21. The van der Waals surface area contributed by atoms with E-state index in [1.54, 1.807) is 5.38 Å². The van der Waals surface area contributed by atoms with E-state index in [0.717, 1.165) is 10.0 Å². The summed E-state index contributed by atoms with van der Waals surface area (Å²) < 4.78 is 27.8. The molecule has 0 aliphatic carbocycles. The third kappa shape index (κ3) is 3.53. The molecule has 9 heteroatoms. The lowest BCUT2D eigenvalue weighted by Crippen LogP contribution is -2.44. The molecule has 1 aromatic heterocycles. The highest BCUT2D eigenvalue weighted by molar-refractivity contribution is 9.10. The number of piperidine rings is 1. The predicted octanol–water partition coefficient (Wildman–Crippen LogP) is 2.46. The fourth-order valence-corrected chi connectivity index (χ4v) is 5.49. The Hall–Kier alpha value is -1.29. The van der Waals surface area contributed by atoms with Gasteiger partial charge in [-0.25, -0.2) is 13.4 Å². The van der Waals surface area contributed by atoms with Gasteiger partial charge in [-0.3, -0.25) is 4.79 Å². The number of hydrogen-bond acceptors (Lipinski definition) is 5. The smallest absolute Gasteiger partial charge is 0.261 e. The first-order valence-electron chi connectivity index (χ1n) is 7.39. The van der Waals surface area contributed by atoms with Gasteiger partial charge in [-0.2, -0.15) is 4.31 Å². The van der Waals surface area contributed by atoms with Crippen LogP contribution in [0.3, 0.4) is 0 Å². The first kappa shape index (κ1) is 17.5. The van der Waals surface area contributed by atoms with Crippen molar-refractivity contribution in [3.63, 3.8) is 0 Å². The number of hydrogen-bond donors (Lipinski definition) is 1. The molecule has 0 radical (unpaired) electrons. The molecular formula is C15H16BrN3O3S2. The molecule has 24 heavy (non-hydrogen) atoms. The molecule has 1 aromatic carbocycles. The number of aromatic nitrogens is 1. The van der Waals surface area contributed by atoms with Crippen LogP contribution in [0.15, 0.2) is 39.1 Å². The molecule has 2 N–H and O–H groups in total. The van der Waals surface area contributed by atoms with Crippen molar-refractivity contribution in [2.45, 2.75) is 17.9 Å². The van der Waals surface area contributed by atoms with Gasteiger partial charge in [-0.1, -0.05) is 28.1 Å². The van der Waals surface area contributed by atoms with Gasteiger partial charge in [0.15, 0.2) is 5.03 Å². The third-order valence-electron chi connectivity index (χ3n) is 3.96. The number of carbonyl (C=O) groups is 1. The number of halogens is 1. The molecule has 1 aliphatic heterocycles. The third-order valence-corrected chi connectivity index (χ3v) is 7.28. The standard InChI is InChI=1S/C15H16BrN3O3S2/c16-12-5-3-10(4-6-12)15-18-13(9-23-15)24(21,22)19-7-1-2-11(8-19)14(17)20/h3-6,9,11H,1-2,7-8H2,(H2,17,20). The monoisotopic (exact) mass is 429 g/mol. The quantitative estimate of drug-likeness (QED) is 0.807. The number of rotatable bonds is 4. The van der Waals surface area contributed by atoms with Gasteiger partial charge in [0.2, 0.25) is 5.91 Å². The number of primary amides is 1. The fraction of sp³-hybridized carbons (Fsp3) is 0.333. The van der Waals surface area contributed by atoms with E-state index in [0.29, 0.717) is 24.4 Å². The average Bonchev–Trinajstić information content (AvgIpc) is 3.06. The van der Waals surface area contributed by atoms with Gasteiger partial charge in [0.25, 0.3) is 10.0 Å². The number of thiazole rings is 1. The van der Waals surface area contributed by atoms with E-state index in [-0.39, 0.29) is 11.6 Å². The molecule has 1 unspecified atom stereocenters. The Kier molecular flexibility index (Phi) is 5.05. The maximum Gasteiger partial charge on any atom is 0.261 e. The second kappa shape index (κ2) is 6.91. The summed E-state index contributed by atoms with van der Waals surface area (Å²) in [5.41, 5.74) is 6.19. The summed E-state index contributed by atoms with van der Waals surface area (Å²) in [6.07, 6.45) is 1.25. The van der Waals surface area contributed by atoms with Crippen molar-refractivity contribution in [1.82, 2.24) is 9.29 Å². The van der Waals surface area contributed by atoms with Crippen molar-refractivity contribution >= 4 is 43.2 Å². The minimum absolute atomic E-state index is 0.0236. The van der Waals surface area contributed by atoms with Crippen LogP contribution in [0.25, 0.3) is 10.6 Å². The van der Waals surface area contributed by atoms with Crippen LogP contribution in [0, 0.1) is 5.92 Å². The minimum Gasteiger partial charge on any atom is -0.369 e. The first-order chi connectivity index (χ1) is 11.4. The Morgan fingerprint density at radius 3 is 2.71 bits per heavy atom. The number of benzene rings is 1. The number of carbonyl (C=O) groups excluding carboxylic acids is 1. The van der Waals surface area contributed by atoms with Gasteiger partial charge in [-0.15, -0.1) is 11.3 Å². The molecule has 0 bridgehead atoms.